The van der Waals surface area contributed by atoms with E-state index in [1.807, 2.05) is 96.7 Å². The number of aliphatic imine (C=N–C) groups is 2. The molecular formula is C48H49N9O2S2. The lowest BCUT2D eigenvalue weighted by atomic mass is 9.98. The molecule has 1 atom stereocenters. The summed E-state index contributed by atoms with van der Waals surface area (Å²) in [6.07, 6.45) is 4.73. The average molecular weight is 848 g/mol. The predicted molar refractivity (Wildman–Crippen MR) is 251 cm³/mol. The molecule has 3 aromatic carbocycles. The number of nitrogens with zero attached hydrogens (tertiary/aromatic N) is 4. The standard InChI is InChI=1S/C24H27N5.C24H22N4O2S2/c1-16-10-22(28-23(26)11-16)6-3-18-12-17(13-19(14-18)15-25)2-5-21-7-4-20-8-9-27-24(20)29-21;25-23(21-9-3-11-31-21)27-17-6-1-5-16(13-17)20(29)15-30-19-8-2-7-18(14-19)28-24(26)22-10-4-12-32-22/h4,7-14H,2-3,5-6,15,25H2,1H3,(H2,26,28)(H,27,29);1-14,20,29H,15H2,(H2,25,27)(H2,26,28). The zero-order chi connectivity index (χ0) is 42.6. The fraction of sp³-hybridized carbons (Fsp3) is 0.167. The van der Waals surface area contributed by atoms with Gasteiger partial charge in [-0.1, -0.05) is 48.5 Å². The number of aliphatic hydroxyl groups excluding tert-OH is 1. The zero-order valence-electron chi connectivity index (χ0n) is 33.9. The molecule has 0 saturated carbocycles. The quantitative estimate of drug-likeness (QED) is 0.0434. The van der Waals surface area contributed by atoms with Crippen LogP contribution in [0.4, 0.5) is 17.2 Å². The van der Waals surface area contributed by atoms with Gasteiger partial charge in [0, 0.05) is 35.6 Å². The second-order valence-electron chi connectivity index (χ2n) is 14.5. The third-order valence-corrected chi connectivity index (χ3v) is 11.5. The molecule has 0 aliphatic rings. The highest BCUT2D eigenvalue weighted by Crippen LogP contribution is 2.25. The van der Waals surface area contributed by atoms with Gasteiger partial charge in [-0.15, -0.1) is 22.7 Å². The van der Waals surface area contributed by atoms with Gasteiger partial charge in [0.2, 0.25) is 0 Å². The van der Waals surface area contributed by atoms with Crippen LogP contribution in [0.2, 0.25) is 0 Å². The van der Waals surface area contributed by atoms with Gasteiger partial charge >= 0.3 is 0 Å². The van der Waals surface area contributed by atoms with E-state index in [2.05, 4.69) is 56.4 Å². The summed E-state index contributed by atoms with van der Waals surface area (Å²) in [7, 11) is 0. The first-order valence-electron chi connectivity index (χ1n) is 19.9. The number of benzene rings is 3. The summed E-state index contributed by atoms with van der Waals surface area (Å²) in [5.41, 5.74) is 34.0. The highest BCUT2D eigenvalue weighted by molar-refractivity contribution is 7.12. The van der Waals surface area contributed by atoms with Crippen molar-refractivity contribution in [2.24, 2.45) is 27.2 Å². The molecule has 1 unspecified atom stereocenters. The van der Waals surface area contributed by atoms with E-state index in [-0.39, 0.29) is 6.61 Å². The third kappa shape index (κ3) is 12.2. The summed E-state index contributed by atoms with van der Waals surface area (Å²) < 4.78 is 5.80. The number of amidine groups is 2. The molecule has 0 aliphatic heterocycles. The Morgan fingerprint density at radius 2 is 1.36 bits per heavy atom. The molecule has 11 nitrogen and oxygen atoms in total. The monoisotopic (exact) mass is 847 g/mol. The predicted octanol–water partition coefficient (Wildman–Crippen LogP) is 8.87. The molecule has 0 spiro atoms. The molecule has 13 heteroatoms. The second-order valence-corrected chi connectivity index (χ2v) is 16.4. The number of aromatic nitrogens is 3. The molecule has 8 rings (SSSR count). The van der Waals surface area contributed by atoms with Crippen LogP contribution in [-0.2, 0) is 32.2 Å². The van der Waals surface area contributed by atoms with Crippen molar-refractivity contribution < 1.29 is 9.84 Å². The Morgan fingerprint density at radius 1 is 0.705 bits per heavy atom. The summed E-state index contributed by atoms with van der Waals surface area (Å²) in [5.74, 6) is 2.08. The number of hydrogen-bond acceptors (Lipinski definition) is 10. The van der Waals surface area contributed by atoms with Crippen LogP contribution in [0.15, 0.2) is 148 Å². The second kappa shape index (κ2) is 20.6. The van der Waals surface area contributed by atoms with Gasteiger partial charge in [-0.05, 0) is 138 Å². The number of aliphatic hydroxyl groups is 1. The highest BCUT2D eigenvalue weighted by atomic mass is 32.1. The van der Waals surface area contributed by atoms with Crippen LogP contribution in [0.1, 0.15) is 55.1 Å². The SMILES string of the molecule is Cc1cc(N)nc(CCc2cc(CN)cc(CCc3ccc4cc[nH]c4n3)c2)c1.NC(=Nc1cccc(OCC(O)c2cccc(N=C(N)c3cccs3)c2)c1)c1cccs1. The lowest BCUT2D eigenvalue weighted by Gasteiger charge is -2.13. The first kappa shape index (κ1) is 42.5. The van der Waals surface area contributed by atoms with Gasteiger partial charge in [0.1, 0.15) is 41.6 Å². The van der Waals surface area contributed by atoms with Crippen LogP contribution in [0, 0.1) is 6.92 Å². The van der Waals surface area contributed by atoms with Crippen molar-refractivity contribution in [2.45, 2.75) is 45.3 Å². The van der Waals surface area contributed by atoms with E-state index in [0.717, 1.165) is 63.4 Å². The largest absolute Gasteiger partial charge is 0.490 e. The van der Waals surface area contributed by atoms with E-state index in [1.165, 1.54) is 39.4 Å². The number of aromatic amines is 1. The summed E-state index contributed by atoms with van der Waals surface area (Å²) >= 11 is 3.06. The summed E-state index contributed by atoms with van der Waals surface area (Å²) in [6, 6.07) is 39.3. The first-order chi connectivity index (χ1) is 29.7. The minimum absolute atomic E-state index is 0.0845. The molecule has 0 bridgehead atoms. The van der Waals surface area contributed by atoms with Gasteiger partial charge in [0.25, 0.3) is 0 Å². The van der Waals surface area contributed by atoms with E-state index in [4.69, 9.17) is 32.7 Å². The van der Waals surface area contributed by atoms with Gasteiger partial charge in [0.05, 0.1) is 21.1 Å². The molecule has 0 saturated heterocycles. The van der Waals surface area contributed by atoms with E-state index in [0.29, 0.717) is 46.7 Å². The van der Waals surface area contributed by atoms with Crippen molar-refractivity contribution in [2.75, 3.05) is 12.3 Å². The molecule has 0 radical (unpaired) electrons. The van der Waals surface area contributed by atoms with Gasteiger partial charge < -0.3 is 37.8 Å². The first-order valence-corrected chi connectivity index (χ1v) is 21.7. The number of hydrogen-bond donors (Lipinski definition) is 6. The number of pyridine rings is 2. The molecule has 0 amide bonds. The summed E-state index contributed by atoms with van der Waals surface area (Å²) in [4.78, 5) is 23.1. The Hall–Kier alpha value is -6.64. The molecule has 0 fully saturated rings. The Bertz CT molecular complexity index is 2710. The van der Waals surface area contributed by atoms with Crippen LogP contribution >= 0.6 is 22.7 Å². The maximum absolute atomic E-state index is 10.6. The van der Waals surface area contributed by atoms with Gasteiger partial charge in [-0.2, -0.15) is 0 Å². The van der Waals surface area contributed by atoms with Crippen LogP contribution in [-0.4, -0.2) is 38.3 Å². The van der Waals surface area contributed by atoms with Crippen molar-refractivity contribution in [1.82, 2.24) is 15.0 Å². The van der Waals surface area contributed by atoms with Crippen molar-refractivity contribution >= 4 is 62.6 Å². The molecule has 310 valence electrons. The van der Waals surface area contributed by atoms with E-state index in [1.54, 1.807) is 12.1 Å². The number of aryl methyl sites for hydroxylation is 5. The van der Waals surface area contributed by atoms with Gasteiger partial charge in [-0.25, -0.2) is 20.0 Å². The number of nitrogens with one attached hydrogen (secondary N) is 1. The number of thiophene rings is 2. The molecular weight excluding hydrogens is 799 g/mol. The lowest BCUT2D eigenvalue weighted by molar-refractivity contribution is 0.108. The number of nitrogen functional groups attached to an aromatic ring is 1. The van der Waals surface area contributed by atoms with Crippen molar-refractivity contribution in [3.8, 4) is 5.75 Å². The Balaban J connectivity index is 0.000000185. The normalized spacial score (nSPS) is 12.2. The van der Waals surface area contributed by atoms with E-state index in [9.17, 15) is 5.11 Å². The van der Waals surface area contributed by atoms with Crippen LogP contribution < -0.4 is 27.7 Å². The number of anilines is 1. The Labute approximate surface area is 363 Å². The average Bonchev–Trinajstić information content (AvgIpc) is 4.09. The summed E-state index contributed by atoms with van der Waals surface area (Å²) in [5, 5.41) is 15.7. The fourth-order valence-corrected chi connectivity index (χ4v) is 8.00. The van der Waals surface area contributed by atoms with Crippen molar-refractivity contribution in [3.05, 3.63) is 187 Å². The lowest BCUT2D eigenvalue weighted by Crippen LogP contribution is -2.11. The van der Waals surface area contributed by atoms with Crippen LogP contribution in [0.25, 0.3) is 11.0 Å². The molecule has 61 heavy (non-hydrogen) atoms. The smallest absolute Gasteiger partial charge is 0.141 e. The maximum Gasteiger partial charge on any atom is 0.141 e. The molecule has 5 aromatic heterocycles. The van der Waals surface area contributed by atoms with Gasteiger partial charge in [-0.3, -0.25) is 0 Å². The molecule has 10 N–H and O–H groups in total. The maximum atomic E-state index is 10.6. The van der Waals surface area contributed by atoms with E-state index < -0.39 is 6.10 Å². The van der Waals surface area contributed by atoms with Crippen LogP contribution in [0.3, 0.4) is 0 Å². The van der Waals surface area contributed by atoms with Crippen molar-refractivity contribution in [3.63, 3.8) is 0 Å². The zero-order valence-corrected chi connectivity index (χ0v) is 35.5. The highest BCUT2D eigenvalue weighted by Gasteiger charge is 2.11. The topological polar surface area (TPSA) is 200 Å². The Kier molecular flexibility index (Phi) is 14.3. The van der Waals surface area contributed by atoms with Crippen molar-refractivity contribution in [1.29, 1.82) is 0 Å². The fourth-order valence-electron chi connectivity index (χ4n) is 6.75. The number of H-pyrrole nitrogens is 1. The molecule has 8 aromatic rings. The number of nitrogens with two attached hydrogens (primary N) is 4. The third-order valence-electron chi connectivity index (χ3n) is 9.72. The number of rotatable bonds is 15. The van der Waals surface area contributed by atoms with E-state index >= 15 is 0 Å². The van der Waals surface area contributed by atoms with Gasteiger partial charge in [0.15, 0.2) is 0 Å². The molecule has 0 aliphatic carbocycles. The number of ether oxygens (including phenoxy) is 1. The van der Waals surface area contributed by atoms with Crippen LogP contribution in [0.5, 0.6) is 5.75 Å². The molecule has 5 heterocycles. The Morgan fingerprint density at radius 3 is 2.02 bits per heavy atom. The summed E-state index contributed by atoms with van der Waals surface area (Å²) in [6.45, 7) is 2.68. The minimum atomic E-state index is -0.823. The minimum Gasteiger partial charge on any atom is -0.490 e. The number of fused-ring (bicyclic) bond motifs is 1.